The Kier molecular flexibility index (Phi) is 3.44. The van der Waals surface area contributed by atoms with Gasteiger partial charge in [-0.2, -0.15) is 0 Å². The van der Waals surface area contributed by atoms with Crippen LogP contribution in [0.1, 0.15) is 24.5 Å². The van der Waals surface area contributed by atoms with E-state index < -0.39 is 6.10 Å². The fourth-order valence-corrected chi connectivity index (χ4v) is 3.81. The summed E-state index contributed by atoms with van der Waals surface area (Å²) >= 11 is 1.45. The summed E-state index contributed by atoms with van der Waals surface area (Å²) in [6, 6.07) is 6.14. The minimum atomic E-state index is -0.717. The van der Waals surface area contributed by atoms with Gasteiger partial charge in [-0.1, -0.05) is 30.8 Å². The van der Waals surface area contributed by atoms with Gasteiger partial charge >= 0.3 is 0 Å². The number of ketones is 1. The molecule has 20 heavy (non-hydrogen) atoms. The summed E-state index contributed by atoms with van der Waals surface area (Å²) in [5.74, 6) is -0.0591. The third-order valence-electron chi connectivity index (χ3n) is 3.66. The van der Waals surface area contributed by atoms with Crippen LogP contribution in [-0.4, -0.2) is 22.1 Å². The van der Waals surface area contributed by atoms with E-state index in [1.807, 2.05) is 6.07 Å². The molecule has 0 saturated carbocycles. The van der Waals surface area contributed by atoms with Gasteiger partial charge in [0.25, 0.3) is 0 Å². The highest BCUT2D eigenvalue weighted by Gasteiger charge is 2.30. The van der Waals surface area contributed by atoms with Crippen LogP contribution in [0.4, 0.5) is 0 Å². The van der Waals surface area contributed by atoms with E-state index >= 15 is 0 Å². The fraction of sp³-hybridized carbons (Fsp3) is 0.312. The lowest BCUT2D eigenvalue weighted by atomic mass is 9.95. The number of aliphatic hydroxyl groups excluding tert-OH is 2. The minimum absolute atomic E-state index is 0.0102. The van der Waals surface area contributed by atoms with E-state index in [0.29, 0.717) is 16.9 Å². The maximum Gasteiger partial charge on any atom is 0.171 e. The van der Waals surface area contributed by atoms with Gasteiger partial charge in [0.2, 0.25) is 0 Å². The molecule has 0 radical (unpaired) electrons. The number of hydrogen-bond acceptors (Lipinski definition) is 4. The smallest absolute Gasteiger partial charge is 0.171 e. The van der Waals surface area contributed by atoms with E-state index in [9.17, 15) is 15.0 Å². The first kappa shape index (κ1) is 13.5. The van der Waals surface area contributed by atoms with Crippen LogP contribution in [0.3, 0.4) is 0 Å². The molecule has 0 bridgehead atoms. The number of carbonyl (C=O) groups excluding carboxylic acids is 1. The number of Topliss-reactive ketones (excluding diaryl/α,β-unsaturated/α-hetero) is 1. The van der Waals surface area contributed by atoms with Crippen molar-refractivity contribution in [2.24, 2.45) is 0 Å². The monoisotopic (exact) mass is 288 g/mol. The molecule has 0 amide bonds. The number of hydrogen-bond donors (Lipinski definition) is 2. The van der Waals surface area contributed by atoms with Crippen LogP contribution < -0.4 is 0 Å². The molecule has 1 aliphatic carbocycles. The average molecular weight is 288 g/mol. The second kappa shape index (κ2) is 5.11. The molecule has 2 N–H and O–H groups in total. The van der Waals surface area contributed by atoms with Crippen molar-refractivity contribution in [1.29, 1.82) is 0 Å². The molecule has 0 fully saturated rings. The van der Waals surface area contributed by atoms with Crippen LogP contribution in [0, 0.1) is 0 Å². The average Bonchev–Trinajstić information content (AvgIpc) is 2.52. The molecule has 0 spiro atoms. The van der Waals surface area contributed by atoms with Crippen molar-refractivity contribution in [2.45, 2.75) is 37.2 Å². The lowest BCUT2D eigenvalue weighted by molar-refractivity contribution is -0.114. The lowest BCUT2D eigenvalue weighted by Gasteiger charge is -2.18. The van der Waals surface area contributed by atoms with Gasteiger partial charge in [-0.05, 0) is 29.7 Å². The number of allylic oxidation sites excluding steroid dienone is 1. The molecule has 1 heterocycles. The van der Waals surface area contributed by atoms with Gasteiger partial charge in [-0.3, -0.25) is 4.79 Å². The first-order valence-corrected chi connectivity index (χ1v) is 7.55. The Morgan fingerprint density at radius 2 is 2.20 bits per heavy atom. The summed E-state index contributed by atoms with van der Waals surface area (Å²) < 4.78 is 0. The zero-order valence-corrected chi connectivity index (χ0v) is 12.0. The van der Waals surface area contributed by atoms with Gasteiger partial charge in [0.05, 0.1) is 11.7 Å². The highest BCUT2D eigenvalue weighted by Crippen LogP contribution is 2.42. The highest BCUT2D eigenvalue weighted by atomic mass is 32.2. The van der Waals surface area contributed by atoms with Crippen molar-refractivity contribution in [1.82, 2.24) is 0 Å². The molecular formula is C16H16O3S. The molecule has 104 valence electrons. The normalized spacial score (nSPS) is 22.0. The van der Waals surface area contributed by atoms with E-state index in [4.69, 9.17) is 0 Å². The fourth-order valence-electron chi connectivity index (χ4n) is 2.61. The maximum absolute atomic E-state index is 12.4. The van der Waals surface area contributed by atoms with Crippen molar-refractivity contribution >= 4 is 17.5 Å². The molecule has 1 aromatic carbocycles. The third kappa shape index (κ3) is 2.30. The Hall–Kier alpha value is -1.52. The van der Waals surface area contributed by atoms with Crippen LogP contribution in [0.5, 0.6) is 0 Å². The number of carbonyl (C=O) groups is 1. The predicted octanol–water partition coefficient (Wildman–Crippen LogP) is 2.93. The first-order valence-electron chi connectivity index (χ1n) is 6.73. The molecule has 2 aliphatic rings. The van der Waals surface area contributed by atoms with E-state index in [2.05, 4.69) is 19.1 Å². The molecule has 1 unspecified atom stereocenters. The SMILES string of the molecule is CCc1ccc2c(c1)CC(=O)C1=C(O)CC(O)C=C1S2. The molecule has 4 heteroatoms. The van der Waals surface area contributed by atoms with Crippen molar-refractivity contribution in [3.8, 4) is 0 Å². The molecule has 1 atom stereocenters. The van der Waals surface area contributed by atoms with Gasteiger partial charge < -0.3 is 10.2 Å². The number of benzene rings is 1. The zero-order valence-electron chi connectivity index (χ0n) is 11.2. The Labute approximate surface area is 122 Å². The second-order valence-corrected chi connectivity index (χ2v) is 6.21. The molecule has 3 nitrogen and oxygen atoms in total. The van der Waals surface area contributed by atoms with Gasteiger partial charge in [0, 0.05) is 22.6 Å². The van der Waals surface area contributed by atoms with Gasteiger partial charge in [-0.25, -0.2) is 0 Å². The van der Waals surface area contributed by atoms with Gasteiger partial charge in [0.15, 0.2) is 5.78 Å². The van der Waals surface area contributed by atoms with E-state index in [-0.39, 0.29) is 18.0 Å². The van der Waals surface area contributed by atoms with E-state index in [0.717, 1.165) is 16.9 Å². The Morgan fingerprint density at radius 3 is 2.95 bits per heavy atom. The molecule has 3 rings (SSSR count). The van der Waals surface area contributed by atoms with E-state index in [1.54, 1.807) is 6.08 Å². The second-order valence-electron chi connectivity index (χ2n) is 5.12. The van der Waals surface area contributed by atoms with Crippen LogP contribution >= 0.6 is 11.8 Å². The summed E-state index contributed by atoms with van der Waals surface area (Å²) in [4.78, 5) is 14.1. The maximum atomic E-state index is 12.4. The first-order chi connectivity index (χ1) is 9.58. The molecule has 1 aliphatic heterocycles. The Bertz CT molecular complexity index is 643. The van der Waals surface area contributed by atoms with Crippen LogP contribution in [0.2, 0.25) is 0 Å². The largest absolute Gasteiger partial charge is 0.511 e. The number of aryl methyl sites for hydroxylation is 1. The minimum Gasteiger partial charge on any atom is -0.511 e. The van der Waals surface area contributed by atoms with Gasteiger partial charge in [-0.15, -0.1) is 0 Å². The standard InChI is InChI=1S/C16H16O3S/c1-2-9-3-4-14-10(5-9)6-12(18)16-13(19)7-11(17)8-15(16)20-14/h3-5,8,11,17,19H,2,6-7H2,1H3. The quantitative estimate of drug-likeness (QED) is 0.834. The molecule has 1 aromatic rings. The number of aliphatic hydroxyl groups is 2. The Balaban J connectivity index is 2.10. The van der Waals surface area contributed by atoms with Crippen LogP contribution in [0.15, 0.2) is 45.4 Å². The summed E-state index contributed by atoms with van der Waals surface area (Å²) in [7, 11) is 0. The molecule has 0 aromatic heterocycles. The number of rotatable bonds is 1. The van der Waals surface area contributed by atoms with Crippen molar-refractivity contribution in [3.63, 3.8) is 0 Å². The summed E-state index contributed by atoms with van der Waals surface area (Å²) in [5.41, 5.74) is 2.59. The zero-order chi connectivity index (χ0) is 14.3. The van der Waals surface area contributed by atoms with Crippen molar-refractivity contribution in [3.05, 3.63) is 51.6 Å². The third-order valence-corrected chi connectivity index (χ3v) is 4.84. The topological polar surface area (TPSA) is 57.5 Å². The Morgan fingerprint density at radius 1 is 1.40 bits per heavy atom. The van der Waals surface area contributed by atoms with Crippen LogP contribution in [-0.2, 0) is 17.6 Å². The molecular weight excluding hydrogens is 272 g/mol. The number of fused-ring (bicyclic) bond motifs is 2. The lowest BCUT2D eigenvalue weighted by Crippen LogP contribution is -2.17. The summed E-state index contributed by atoms with van der Waals surface area (Å²) in [5, 5.41) is 19.7. The van der Waals surface area contributed by atoms with Crippen molar-refractivity contribution in [2.75, 3.05) is 0 Å². The highest BCUT2D eigenvalue weighted by molar-refractivity contribution is 8.03. The number of thioether (sulfide) groups is 1. The van der Waals surface area contributed by atoms with Gasteiger partial charge in [0.1, 0.15) is 5.76 Å². The molecule has 0 saturated heterocycles. The predicted molar refractivity (Wildman–Crippen MR) is 78.7 cm³/mol. The van der Waals surface area contributed by atoms with Crippen molar-refractivity contribution < 1.29 is 15.0 Å². The summed E-state index contributed by atoms with van der Waals surface area (Å²) in [6.07, 6.45) is 2.32. The van der Waals surface area contributed by atoms with Crippen LogP contribution in [0.25, 0.3) is 0 Å². The van der Waals surface area contributed by atoms with E-state index in [1.165, 1.54) is 17.3 Å². The summed E-state index contributed by atoms with van der Waals surface area (Å²) in [6.45, 7) is 2.08.